The molecule has 4 rings (SSSR count). The number of nitrogens with zero attached hydrogens (tertiary/aromatic N) is 2. The molecular weight excluding hydrogens is 423 g/mol. The number of amides is 2. The first kappa shape index (κ1) is 21.6. The summed E-state index contributed by atoms with van der Waals surface area (Å²) in [6, 6.07) is 11.5. The maximum absolute atomic E-state index is 13.0. The number of hydrogen-bond acceptors (Lipinski definition) is 4. The normalized spacial score (nSPS) is 16.5. The van der Waals surface area contributed by atoms with Gasteiger partial charge in [-0.2, -0.15) is 13.2 Å². The second kappa shape index (κ2) is 8.14. The molecule has 1 aromatic heterocycles. The predicted octanol–water partition coefficient (Wildman–Crippen LogP) is 4.97. The average Bonchev–Trinajstić information content (AvgIpc) is 3.30. The van der Waals surface area contributed by atoms with Crippen LogP contribution in [0.1, 0.15) is 23.4 Å². The molecule has 0 radical (unpaired) electrons. The van der Waals surface area contributed by atoms with Gasteiger partial charge >= 0.3 is 6.18 Å². The molecule has 1 fully saturated rings. The molecule has 166 valence electrons. The molecular formula is C23H20F3N3O3. The lowest BCUT2D eigenvalue weighted by atomic mass is 10.1. The fourth-order valence-electron chi connectivity index (χ4n) is 3.55. The van der Waals surface area contributed by atoms with Crippen molar-refractivity contribution in [2.45, 2.75) is 26.4 Å². The van der Waals surface area contributed by atoms with Gasteiger partial charge in [0.25, 0.3) is 0 Å². The lowest BCUT2D eigenvalue weighted by molar-refractivity contribution is -0.137. The summed E-state index contributed by atoms with van der Waals surface area (Å²) in [6.45, 7) is 3.65. The molecule has 9 heteroatoms. The molecule has 0 saturated carbocycles. The minimum atomic E-state index is -4.51. The van der Waals surface area contributed by atoms with Crippen LogP contribution in [-0.4, -0.2) is 23.3 Å². The van der Waals surface area contributed by atoms with Crippen LogP contribution in [0.5, 0.6) is 0 Å². The van der Waals surface area contributed by atoms with Gasteiger partial charge in [-0.25, -0.2) is 4.98 Å². The van der Waals surface area contributed by atoms with Crippen molar-refractivity contribution < 1.29 is 27.2 Å². The monoisotopic (exact) mass is 443 g/mol. The van der Waals surface area contributed by atoms with Gasteiger partial charge in [0.15, 0.2) is 0 Å². The minimum absolute atomic E-state index is 0.00377. The van der Waals surface area contributed by atoms with E-state index in [1.54, 1.807) is 24.3 Å². The van der Waals surface area contributed by atoms with Crippen molar-refractivity contribution >= 4 is 23.2 Å². The summed E-state index contributed by atoms with van der Waals surface area (Å²) in [4.78, 5) is 30.7. The highest BCUT2D eigenvalue weighted by Crippen LogP contribution is 2.34. The Hall–Kier alpha value is -3.62. The Morgan fingerprint density at radius 1 is 1.16 bits per heavy atom. The molecule has 0 bridgehead atoms. The quantitative estimate of drug-likeness (QED) is 0.618. The van der Waals surface area contributed by atoms with E-state index in [9.17, 15) is 22.8 Å². The Labute approximate surface area is 182 Å². The van der Waals surface area contributed by atoms with Gasteiger partial charge in [-0.15, -0.1) is 0 Å². The number of anilines is 2. The zero-order valence-electron chi connectivity index (χ0n) is 17.4. The first-order valence-corrected chi connectivity index (χ1v) is 9.95. The van der Waals surface area contributed by atoms with Crippen LogP contribution >= 0.6 is 0 Å². The summed E-state index contributed by atoms with van der Waals surface area (Å²) in [6.07, 6.45) is -4.60. The second-order valence-electron chi connectivity index (χ2n) is 7.68. The highest BCUT2D eigenvalue weighted by Gasteiger charge is 2.37. The first-order valence-electron chi connectivity index (χ1n) is 9.95. The molecule has 0 spiro atoms. The van der Waals surface area contributed by atoms with Crippen molar-refractivity contribution in [3.63, 3.8) is 0 Å². The van der Waals surface area contributed by atoms with E-state index < -0.39 is 23.6 Å². The van der Waals surface area contributed by atoms with E-state index in [1.165, 1.54) is 17.0 Å². The van der Waals surface area contributed by atoms with Gasteiger partial charge < -0.3 is 14.6 Å². The molecule has 0 aliphatic carbocycles. The van der Waals surface area contributed by atoms with Crippen molar-refractivity contribution in [3.05, 3.63) is 65.5 Å². The van der Waals surface area contributed by atoms with Gasteiger partial charge in [0, 0.05) is 29.9 Å². The average molecular weight is 443 g/mol. The van der Waals surface area contributed by atoms with E-state index >= 15 is 0 Å². The number of hydrogen-bond donors (Lipinski definition) is 1. The molecule has 1 saturated heterocycles. The fourth-order valence-corrected chi connectivity index (χ4v) is 3.55. The van der Waals surface area contributed by atoms with E-state index in [0.29, 0.717) is 22.9 Å². The van der Waals surface area contributed by atoms with Crippen molar-refractivity contribution in [3.8, 4) is 11.5 Å². The summed E-state index contributed by atoms with van der Waals surface area (Å²) in [5, 5.41) is 2.78. The van der Waals surface area contributed by atoms with E-state index in [0.717, 1.165) is 17.8 Å². The van der Waals surface area contributed by atoms with Crippen LogP contribution in [0.15, 0.2) is 52.9 Å². The van der Waals surface area contributed by atoms with Crippen LogP contribution in [-0.2, 0) is 15.8 Å². The zero-order valence-corrected chi connectivity index (χ0v) is 17.4. The Morgan fingerprint density at radius 3 is 2.59 bits per heavy atom. The van der Waals surface area contributed by atoms with Crippen LogP contribution in [0.25, 0.3) is 11.5 Å². The Kier molecular flexibility index (Phi) is 5.50. The number of aromatic nitrogens is 1. The van der Waals surface area contributed by atoms with Crippen LogP contribution in [0, 0.1) is 19.8 Å². The summed E-state index contributed by atoms with van der Waals surface area (Å²) >= 11 is 0. The number of carbonyl (C=O) groups is 2. The molecule has 2 heterocycles. The van der Waals surface area contributed by atoms with Crippen LogP contribution in [0.3, 0.4) is 0 Å². The predicted molar refractivity (Wildman–Crippen MR) is 112 cm³/mol. The molecule has 2 amide bonds. The van der Waals surface area contributed by atoms with Crippen molar-refractivity contribution in [1.82, 2.24) is 4.98 Å². The summed E-state index contributed by atoms with van der Waals surface area (Å²) in [7, 11) is 0. The van der Waals surface area contributed by atoms with Crippen molar-refractivity contribution in [1.29, 1.82) is 0 Å². The lowest BCUT2D eigenvalue weighted by Gasteiger charge is -2.18. The summed E-state index contributed by atoms with van der Waals surface area (Å²) < 4.78 is 44.6. The number of benzene rings is 2. The zero-order chi connectivity index (χ0) is 23.0. The fraction of sp³-hybridized carbons (Fsp3) is 0.261. The van der Waals surface area contributed by atoms with Gasteiger partial charge in [-0.1, -0.05) is 12.1 Å². The van der Waals surface area contributed by atoms with Gasteiger partial charge in [0.2, 0.25) is 17.7 Å². The molecule has 1 aliphatic heterocycles. The Balaban J connectivity index is 1.47. The molecule has 32 heavy (non-hydrogen) atoms. The topological polar surface area (TPSA) is 75.4 Å². The largest absolute Gasteiger partial charge is 0.441 e. The summed E-state index contributed by atoms with van der Waals surface area (Å²) in [5.41, 5.74) is 1.24. The second-order valence-corrected chi connectivity index (χ2v) is 7.68. The Bertz CT molecular complexity index is 1170. The molecule has 3 aromatic rings. The molecule has 6 nitrogen and oxygen atoms in total. The van der Waals surface area contributed by atoms with E-state index in [4.69, 9.17) is 4.42 Å². The third kappa shape index (κ3) is 4.37. The maximum Gasteiger partial charge on any atom is 0.416 e. The first-order chi connectivity index (χ1) is 15.1. The van der Waals surface area contributed by atoms with E-state index in [2.05, 4.69) is 10.3 Å². The minimum Gasteiger partial charge on any atom is -0.441 e. The third-order valence-electron chi connectivity index (χ3n) is 5.39. The van der Waals surface area contributed by atoms with Crippen molar-refractivity contribution in [2.75, 3.05) is 16.8 Å². The van der Waals surface area contributed by atoms with Gasteiger partial charge in [0.1, 0.15) is 5.76 Å². The van der Waals surface area contributed by atoms with Crippen LogP contribution < -0.4 is 10.2 Å². The van der Waals surface area contributed by atoms with Gasteiger partial charge in [-0.3, -0.25) is 9.59 Å². The number of alkyl halides is 3. The van der Waals surface area contributed by atoms with Crippen LogP contribution in [0.2, 0.25) is 0 Å². The van der Waals surface area contributed by atoms with Gasteiger partial charge in [0.05, 0.1) is 17.2 Å². The molecule has 1 aliphatic rings. The number of halogens is 3. The lowest BCUT2D eigenvalue weighted by Crippen LogP contribution is -2.28. The number of carbonyl (C=O) groups excluding carboxylic acids is 2. The number of aryl methyl sites for hydroxylation is 2. The maximum atomic E-state index is 13.0. The number of nitrogens with one attached hydrogen (secondary N) is 1. The molecule has 1 N–H and O–H groups in total. The number of rotatable bonds is 4. The molecule has 1 atom stereocenters. The molecule has 2 aromatic carbocycles. The molecule has 0 unspecified atom stereocenters. The van der Waals surface area contributed by atoms with Gasteiger partial charge in [-0.05, 0) is 50.2 Å². The number of oxazole rings is 1. The smallest absolute Gasteiger partial charge is 0.416 e. The SMILES string of the molecule is Cc1nc(-c2cccc(NC(=O)[C@H]3CC(=O)N(c4cccc(C(F)(F)F)c4)C3)c2)oc1C. The summed E-state index contributed by atoms with van der Waals surface area (Å²) in [5.74, 6) is -0.336. The Morgan fingerprint density at radius 2 is 1.91 bits per heavy atom. The highest BCUT2D eigenvalue weighted by atomic mass is 19.4. The third-order valence-corrected chi connectivity index (χ3v) is 5.39. The standard InChI is InChI=1S/C23H20F3N3O3/c1-13-14(2)32-22(27-13)15-5-3-7-18(9-15)28-21(31)16-10-20(30)29(12-16)19-8-4-6-17(11-19)23(24,25)26/h3-9,11,16H,10,12H2,1-2H3,(H,28,31)/t16-/m0/s1. The van der Waals surface area contributed by atoms with E-state index in [1.807, 2.05) is 13.8 Å². The van der Waals surface area contributed by atoms with Crippen LogP contribution in [0.4, 0.5) is 24.5 Å². The van der Waals surface area contributed by atoms with Crippen molar-refractivity contribution in [2.24, 2.45) is 5.92 Å². The highest BCUT2D eigenvalue weighted by molar-refractivity contribution is 6.03. The van der Waals surface area contributed by atoms with E-state index in [-0.39, 0.29) is 24.6 Å².